The van der Waals surface area contributed by atoms with Crippen LogP contribution in [-0.2, 0) is 4.79 Å². The molecule has 1 unspecified atom stereocenters. The van der Waals surface area contributed by atoms with E-state index in [1.54, 1.807) is 25.3 Å². The first-order valence-electron chi connectivity index (χ1n) is 6.36. The monoisotopic (exact) mass is 302 g/mol. The quantitative estimate of drug-likeness (QED) is 0.846. The third kappa shape index (κ3) is 4.90. The van der Waals surface area contributed by atoms with Gasteiger partial charge in [-0.15, -0.1) is 12.4 Å². The Morgan fingerprint density at radius 3 is 2.50 bits per heavy atom. The normalized spacial score (nSPS) is 11.5. The maximum atomic E-state index is 11.9. The first kappa shape index (κ1) is 18.5. The molecule has 5 nitrogen and oxygen atoms in total. The minimum absolute atomic E-state index is 0. The van der Waals surface area contributed by atoms with E-state index in [1.165, 1.54) is 0 Å². The van der Waals surface area contributed by atoms with Gasteiger partial charge in [-0.3, -0.25) is 4.79 Å². The van der Waals surface area contributed by atoms with Crippen molar-refractivity contribution in [2.75, 3.05) is 19.0 Å². The van der Waals surface area contributed by atoms with Gasteiger partial charge in [-0.2, -0.15) is 0 Å². The summed E-state index contributed by atoms with van der Waals surface area (Å²) < 4.78 is 10.6. The molecule has 0 saturated heterocycles. The molecule has 0 fully saturated rings. The molecule has 0 aliphatic rings. The van der Waals surface area contributed by atoms with Crippen LogP contribution in [0.3, 0.4) is 0 Å². The van der Waals surface area contributed by atoms with E-state index < -0.39 is 6.04 Å². The Morgan fingerprint density at radius 2 is 2.00 bits per heavy atom. The van der Waals surface area contributed by atoms with E-state index in [1.807, 2.05) is 20.8 Å². The Hall–Kier alpha value is -1.46. The minimum Gasteiger partial charge on any atom is -0.493 e. The number of carbonyl (C=O) groups is 1. The summed E-state index contributed by atoms with van der Waals surface area (Å²) in [5.74, 6) is 1.11. The van der Waals surface area contributed by atoms with Gasteiger partial charge in [0.2, 0.25) is 5.91 Å². The summed E-state index contributed by atoms with van der Waals surface area (Å²) in [6.45, 7) is 6.23. The molecule has 0 heterocycles. The van der Waals surface area contributed by atoms with Crippen molar-refractivity contribution < 1.29 is 14.3 Å². The van der Waals surface area contributed by atoms with Gasteiger partial charge in [0.05, 0.1) is 19.8 Å². The summed E-state index contributed by atoms with van der Waals surface area (Å²) in [7, 11) is 1.57. The minimum atomic E-state index is -0.530. The van der Waals surface area contributed by atoms with Crippen LogP contribution >= 0.6 is 12.4 Å². The van der Waals surface area contributed by atoms with Crippen molar-refractivity contribution in [2.45, 2.75) is 26.8 Å². The van der Waals surface area contributed by atoms with E-state index in [2.05, 4.69) is 5.32 Å². The summed E-state index contributed by atoms with van der Waals surface area (Å²) in [6.07, 6.45) is 0. The third-order valence-electron chi connectivity index (χ3n) is 2.75. The van der Waals surface area contributed by atoms with E-state index in [0.29, 0.717) is 23.8 Å². The highest BCUT2D eigenvalue weighted by Crippen LogP contribution is 2.30. The molecule has 0 bridgehead atoms. The van der Waals surface area contributed by atoms with Crippen LogP contribution in [0.15, 0.2) is 18.2 Å². The molecular formula is C14H23ClN2O3. The van der Waals surface area contributed by atoms with E-state index in [0.717, 1.165) is 0 Å². The lowest BCUT2D eigenvalue weighted by molar-refractivity contribution is -0.118. The number of anilines is 1. The van der Waals surface area contributed by atoms with Gasteiger partial charge in [0.25, 0.3) is 0 Å². The van der Waals surface area contributed by atoms with Crippen LogP contribution in [0.25, 0.3) is 0 Å². The first-order valence-corrected chi connectivity index (χ1v) is 6.36. The number of nitrogens with one attached hydrogen (secondary N) is 1. The van der Waals surface area contributed by atoms with Crippen LogP contribution in [0.2, 0.25) is 0 Å². The number of benzene rings is 1. The first-order chi connectivity index (χ1) is 8.99. The van der Waals surface area contributed by atoms with Gasteiger partial charge in [-0.1, -0.05) is 13.8 Å². The van der Waals surface area contributed by atoms with Gasteiger partial charge >= 0.3 is 0 Å². The third-order valence-corrected chi connectivity index (χ3v) is 2.75. The number of hydrogen-bond acceptors (Lipinski definition) is 4. The zero-order valence-corrected chi connectivity index (χ0v) is 13.1. The van der Waals surface area contributed by atoms with Crippen molar-refractivity contribution in [1.29, 1.82) is 0 Å². The molecule has 0 aromatic heterocycles. The second kappa shape index (κ2) is 8.66. The van der Waals surface area contributed by atoms with Gasteiger partial charge < -0.3 is 20.5 Å². The van der Waals surface area contributed by atoms with E-state index >= 15 is 0 Å². The maximum Gasteiger partial charge on any atom is 0.241 e. The highest BCUT2D eigenvalue weighted by molar-refractivity contribution is 5.95. The zero-order chi connectivity index (χ0) is 14.4. The topological polar surface area (TPSA) is 73.6 Å². The van der Waals surface area contributed by atoms with Gasteiger partial charge in [-0.05, 0) is 25.0 Å². The molecule has 1 aromatic carbocycles. The highest BCUT2D eigenvalue weighted by atomic mass is 35.5. The second-order valence-electron chi connectivity index (χ2n) is 4.56. The van der Waals surface area contributed by atoms with Crippen molar-refractivity contribution in [2.24, 2.45) is 11.7 Å². The van der Waals surface area contributed by atoms with Crippen LogP contribution in [0, 0.1) is 5.92 Å². The Kier molecular flexibility index (Phi) is 8.03. The SMILES string of the molecule is CCOc1cc(NC(=O)C(N)C(C)C)ccc1OC.Cl. The van der Waals surface area contributed by atoms with Crippen molar-refractivity contribution in [1.82, 2.24) is 0 Å². The molecule has 1 atom stereocenters. The molecule has 0 aliphatic carbocycles. The molecule has 3 N–H and O–H groups in total. The molecule has 1 rings (SSSR count). The fourth-order valence-electron chi connectivity index (χ4n) is 1.55. The Labute approximate surface area is 126 Å². The predicted octanol–water partition coefficient (Wildman–Crippen LogP) is 2.44. The van der Waals surface area contributed by atoms with Crippen molar-refractivity contribution >= 4 is 24.0 Å². The fourth-order valence-corrected chi connectivity index (χ4v) is 1.55. The smallest absolute Gasteiger partial charge is 0.241 e. The summed E-state index contributed by atoms with van der Waals surface area (Å²) in [5, 5.41) is 2.77. The fraction of sp³-hybridized carbons (Fsp3) is 0.500. The van der Waals surface area contributed by atoms with Gasteiger partial charge in [0.1, 0.15) is 0 Å². The Balaban J connectivity index is 0.00000361. The average molecular weight is 303 g/mol. The van der Waals surface area contributed by atoms with Crippen LogP contribution in [0.5, 0.6) is 11.5 Å². The number of carbonyl (C=O) groups excluding carboxylic acids is 1. The number of halogens is 1. The molecule has 0 spiro atoms. The van der Waals surface area contributed by atoms with Crippen LogP contribution in [0.1, 0.15) is 20.8 Å². The molecule has 114 valence electrons. The van der Waals surface area contributed by atoms with Crippen molar-refractivity contribution in [3.05, 3.63) is 18.2 Å². The van der Waals surface area contributed by atoms with Crippen molar-refractivity contribution in [3.63, 3.8) is 0 Å². The van der Waals surface area contributed by atoms with Crippen LogP contribution in [0.4, 0.5) is 5.69 Å². The van der Waals surface area contributed by atoms with Crippen LogP contribution < -0.4 is 20.5 Å². The van der Waals surface area contributed by atoms with Gasteiger partial charge in [0.15, 0.2) is 11.5 Å². The Bertz CT molecular complexity index is 438. The average Bonchev–Trinajstić information content (AvgIpc) is 2.38. The second-order valence-corrected chi connectivity index (χ2v) is 4.56. The molecule has 1 amide bonds. The molecule has 1 aromatic rings. The maximum absolute atomic E-state index is 11.9. The summed E-state index contributed by atoms with van der Waals surface area (Å²) in [4.78, 5) is 11.9. The molecule has 6 heteroatoms. The van der Waals surface area contributed by atoms with Gasteiger partial charge in [-0.25, -0.2) is 0 Å². The standard InChI is InChI=1S/C14H22N2O3.ClH/c1-5-19-12-8-10(6-7-11(12)18-4)16-14(17)13(15)9(2)3;/h6-9,13H,5,15H2,1-4H3,(H,16,17);1H. The molecule has 0 radical (unpaired) electrons. The van der Waals surface area contributed by atoms with Gasteiger partial charge in [0, 0.05) is 11.8 Å². The van der Waals surface area contributed by atoms with Crippen LogP contribution in [-0.4, -0.2) is 25.7 Å². The molecule has 0 aliphatic heterocycles. The zero-order valence-electron chi connectivity index (χ0n) is 12.3. The van der Waals surface area contributed by atoms with E-state index in [-0.39, 0.29) is 24.2 Å². The molecular weight excluding hydrogens is 280 g/mol. The van der Waals surface area contributed by atoms with E-state index in [4.69, 9.17) is 15.2 Å². The number of nitrogens with two attached hydrogens (primary N) is 1. The number of methoxy groups -OCH3 is 1. The summed E-state index contributed by atoms with van der Waals surface area (Å²) in [6, 6.07) is 4.71. The largest absolute Gasteiger partial charge is 0.493 e. The van der Waals surface area contributed by atoms with E-state index in [9.17, 15) is 4.79 Å². The summed E-state index contributed by atoms with van der Waals surface area (Å²) in [5.41, 5.74) is 6.44. The summed E-state index contributed by atoms with van der Waals surface area (Å²) >= 11 is 0. The number of ether oxygens (including phenoxy) is 2. The predicted molar refractivity (Wildman–Crippen MR) is 82.9 cm³/mol. The lowest BCUT2D eigenvalue weighted by atomic mass is 10.0. The lowest BCUT2D eigenvalue weighted by Gasteiger charge is -2.16. The molecule has 0 saturated carbocycles. The number of rotatable bonds is 6. The number of hydrogen-bond donors (Lipinski definition) is 2. The Morgan fingerprint density at radius 1 is 1.35 bits per heavy atom. The highest BCUT2D eigenvalue weighted by Gasteiger charge is 2.17. The lowest BCUT2D eigenvalue weighted by Crippen LogP contribution is -2.39. The number of amides is 1. The van der Waals surface area contributed by atoms with Crippen molar-refractivity contribution in [3.8, 4) is 11.5 Å². The molecule has 20 heavy (non-hydrogen) atoms.